The molecule has 1 aliphatic heterocycles. The number of benzene rings is 1. The summed E-state index contributed by atoms with van der Waals surface area (Å²) in [4.78, 5) is 4.09. The summed E-state index contributed by atoms with van der Waals surface area (Å²) in [5, 5.41) is 0. The van der Waals surface area contributed by atoms with Crippen LogP contribution in [0.5, 0.6) is 0 Å². The standard InChI is InChI=1S/C13H20BNS/c1-10(2)15(11(3)4)14-9-12-7-5-6-8-13(12)16-14/h5-8,10-11H,9H2,1-4H3. The Morgan fingerprint density at radius 3 is 2.31 bits per heavy atom. The highest BCUT2D eigenvalue weighted by Gasteiger charge is 2.34. The first-order chi connectivity index (χ1) is 7.59. The summed E-state index contributed by atoms with van der Waals surface area (Å²) >= 11 is 2.03. The van der Waals surface area contributed by atoms with Gasteiger partial charge < -0.3 is 4.81 Å². The van der Waals surface area contributed by atoms with Gasteiger partial charge in [0, 0.05) is 4.90 Å². The van der Waals surface area contributed by atoms with E-state index < -0.39 is 0 Å². The Morgan fingerprint density at radius 2 is 1.75 bits per heavy atom. The predicted octanol–water partition coefficient (Wildman–Crippen LogP) is 3.48. The maximum atomic E-state index is 2.62. The van der Waals surface area contributed by atoms with E-state index in [0.717, 1.165) is 0 Å². The van der Waals surface area contributed by atoms with Crippen molar-refractivity contribution in [2.24, 2.45) is 0 Å². The zero-order valence-electron chi connectivity index (χ0n) is 10.6. The zero-order valence-corrected chi connectivity index (χ0v) is 11.4. The Bertz CT molecular complexity index is 332. The summed E-state index contributed by atoms with van der Waals surface area (Å²) < 4.78 is 0. The normalized spacial score (nSPS) is 15.3. The van der Waals surface area contributed by atoms with Gasteiger partial charge in [-0.05, 0) is 30.0 Å². The molecular formula is C13H20BNS. The molecule has 0 saturated carbocycles. The van der Waals surface area contributed by atoms with Crippen molar-refractivity contribution < 1.29 is 0 Å². The van der Waals surface area contributed by atoms with Gasteiger partial charge in [0.05, 0.1) is 0 Å². The average Bonchev–Trinajstić information content (AvgIpc) is 2.58. The Kier molecular flexibility index (Phi) is 3.65. The molecule has 0 saturated heterocycles. The van der Waals surface area contributed by atoms with Crippen LogP contribution < -0.4 is 0 Å². The molecule has 1 aromatic carbocycles. The van der Waals surface area contributed by atoms with Crippen molar-refractivity contribution in [1.29, 1.82) is 0 Å². The van der Waals surface area contributed by atoms with Gasteiger partial charge in [-0.1, -0.05) is 45.9 Å². The van der Waals surface area contributed by atoms with Crippen molar-refractivity contribution in [3.63, 3.8) is 0 Å². The number of rotatable bonds is 3. The quantitative estimate of drug-likeness (QED) is 0.735. The molecule has 0 aromatic heterocycles. The molecule has 1 nitrogen and oxygen atoms in total. The van der Waals surface area contributed by atoms with E-state index in [0.29, 0.717) is 18.2 Å². The van der Waals surface area contributed by atoms with E-state index >= 15 is 0 Å². The molecule has 1 aromatic rings. The minimum atomic E-state index is 0.617. The summed E-state index contributed by atoms with van der Waals surface area (Å²) in [6.45, 7) is 9.18. The third kappa shape index (κ3) is 2.30. The van der Waals surface area contributed by atoms with Crippen LogP contribution in [0.3, 0.4) is 0 Å². The molecular weight excluding hydrogens is 213 g/mol. The highest BCUT2D eigenvalue weighted by molar-refractivity contribution is 8.25. The lowest BCUT2D eigenvalue weighted by Gasteiger charge is -2.33. The predicted molar refractivity (Wildman–Crippen MR) is 73.9 cm³/mol. The molecule has 3 heteroatoms. The van der Waals surface area contributed by atoms with Crippen LogP contribution in [0.25, 0.3) is 0 Å². The molecule has 16 heavy (non-hydrogen) atoms. The number of fused-ring (bicyclic) bond motifs is 1. The van der Waals surface area contributed by atoms with Crippen molar-refractivity contribution >= 4 is 17.7 Å². The minimum Gasteiger partial charge on any atom is -0.328 e. The van der Waals surface area contributed by atoms with Crippen LogP contribution in [0, 0.1) is 0 Å². The topological polar surface area (TPSA) is 3.24 Å². The van der Waals surface area contributed by atoms with Crippen molar-refractivity contribution in [2.45, 2.75) is 51.0 Å². The number of hydrogen-bond acceptors (Lipinski definition) is 2. The van der Waals surface area contributed by atoms with Gasteiger partial charge in [0.1, 0.15) is 0 Å². The van der Waals surface area contributed by atoms with Gasteiger partial charge in [-0.25, -0.2) is 0 Å². The molecule has 0 atom stereocenters. The van der Waals surface area contributed by atoms with E-state index in [1.165, 1.54) is 16.8 Å². The van der Waals surface area contributed by atoms with Gasteiger partial charge in [0.2, 0.25) is 0 Å². The molecule has 0 bridgehead atoms. The fraction of sp³-hybridized carbons (Fsp3) is 0.538. The fourth-order valence-electron chi connectivity index (χ4n) is 2.59. The lowest BCUT2D eigenvalue weighted by atomic mass is 9.78. The number of hydrogen-bond donors (Lipinski definition) is 0. The number of nitrogens with zero attached hydrogens (tertiary/aromatic N) is 1. The Balaban J connectivity index is 2.15. The fourth-order valence-corrected chi connectivity index (χ4v) is 4.22. The summed E-state index contributed by atoms with van der Waals surface area (Å²) in [6.07, 6.45) is 1.81. The van der Waals surface area contributed by atoms with Crippen LogP contribution in [0.15, 0.2) is 29.2 Å². The summed E-state index contributed by atoms with van der Waals surface area (Å²) in [5.74, 6) is 0. The van der Waals surface area contributed by atoms with Gasteiger partial charge in [0.15, 0.2) is 0 Å². The van der Waals surface area contributed by atoms with Crippen LogP contribution in [0.1, 0.15) is 33.3 Å². The Morgan fingerprint density at radius 1 is 1.12 bits per heavy atom. The van der Waals surface area contributed by atoms with E-state index in [-0.39, 0.29) is 0 Å². The molecule has 0 N–H and O–H groups in total. The van der Waals surface area contributed by atoms with E-state index in [4.69, 9.17) is 0 Å². The second-order valence-corrected chi connectivity index (χ2v) is 6.24. The molecule has 0 aliphatic carbocycles. The summed E-state index contributed by atoms with van der Waals surface area (Å²) in [5.41, 5.74) is 1.52. The second-order valence-electron chi connectivity index (χ2n) is 5.02. The smallest absolute Gasteiger partial charge is 0.301 e. The monoisotopic (exact) mass is 233 g/mol. The molecule has 0 amide bonds. The largest absolute Gasteiger partial charge is 0.328 e. The van der Waals surface area contributed by atoms with Crippen molar-refractivity contribution in [1.82, 2.24) is 4.81 Å². The summed E-state index contributed by atoms with van der Waals surface area (Å²) in [6, 6.07) is 10.0. The molecule has 2 rings (SSSR count). The second kappa shape index (κ2) is 4.85. The van der Waals surface area contributed by atoms with Crippen LogP contribution in [-0.4, -0.2) is 23.0 Å². The van der Waals surface area contributed by atoms with Crippen LogP contribution in [-0.2, 0) is 6.32 Å². The molecule has 1 aliphatic rings. The highest BCUT2D eigenvalue weighted by atomic mass is 32.2. The van der Waals surface area contributed by atoms with Crippen LogP contribution in [0.2, 0.25) is 0 Å². The van der Waals surface area contributed by atoms with Crippen molar-refractivity contribution in [3.05, 3.63) is 29.8 Å². The van der Waals surface area contributed by atoms with E-state index in [1.807, 2.05) is 11.6 Å². The third-order valence-corrected chi connectivity index (χ3v) is 4.49. The molecule has 0 spiro atoms. The maximum absolute atomic E-state index is 2.62. The Hall–Kier alpha value is -0.405. The summed E-state index contributed by atoms with van der Waals surface area (Å²) in [7, 11) is 0. The Labute approximate surface area is 104 Å². The van der Waals surface area contributed by atoms with Gasteiger partial charge >= 0.3 is 6.13 Å². The van der Waals surface area contributed by atoms with E-state index in [1.54, 1.807) is 0 Å². The molecule has 86 valence electrons. The minimum absolute atomic E-state index is 0.617. The first kappa shape index (κ1) is 12.1. The zero-order chi connectivity index (χ0) is 11.7. The third-order valence-electron chi connectivity index (χ3n) is 3.16. The maximum Gasteiger partial charge on any atom is 0.301 e. The van der Waals surface area contributed by atoms with Crippen LogP contribution in [0.4, 0.5) is 0 Å². The van der Waals surface area contributed by atoms with Gasteiger partial charge in [-0.3, -0.25) is 0 Å². The van der Waals surface area contributed by atoms with Gasteiger partial charge in [0.25, 0.3) is 0 Å². The van der Waals surface area contributed by atoms with E-state index in [9.17, 15) is 0 Å². The lowest BCUT2D eigenvalue weighted by Crippen LogP contribution is -2.46. The first-order valence-electron chi connectivity index (χ1n) is 6.11. The van der Waals surface area contributed by atoms with Crippen molar-refractivity contribution in [2.75, 3.05) is 0 Å². The molecule has 0 unspecified atom stereocenters. The van der Waals surface area contributed by atoms with Gasteiger partial charge in [-0.2, -0.15) is 11.6 Å². The van der Waals surface area contributed by atoms with Crippen LogP contribution >= 0.6 is 11.6 Å². The lowest BCUT2D eigenvalue weighted by molar-refractivity contribution is 0.309. The van der Waals surface area contributed by atoms with Crippen molar-refractivity contribution in [3.8, 4) is 0 Å². The average molecular weight is 233 g/mol. The highest BCUT2D eigenvalue weighted by Crippen LogP contribution is 2.37. The first-order valence-corrected chi connectivity index (χ1v) is 6.99. The molecule has 0 fully saturated rings. The molecule has 0 radical (unpaired) electrons. The van der Waals surface area contributed by atoms with Gasteiger partial charge in [-0.15, -0.1) is 0 Å². The SMILES string of the molecule is CC(C)N(B1Cc2ccccc2S1)C(C)C. The van der Waals surface area contributed by atoms with E-state index in [2.05, 4.69) is 56.8 Å². The molecule has 1 heterocycles.